The Labute approximate surface area is 192 Å². The molecule has 0 saturated carbocycles. The van der Waals surface area contributed by atoms with E-state index in [0.717, 1.165) is 23.2 Å². The number of amides is 1. The quantitative estimate of drug-likeness (QED) is 0.544. The highest BCUT2D eigenvalue weighted by Crippen LogP contribution is 2.35. The van der Waals surface area contributed by atoms with Gasteiger partial charge in [0.2, 0.25) is 0 Å². The molecule has 0 unspecified atom stereocenters. The number of ether oxygens (including phenoxy) is 1. The Hall–Kier alpha value is -3.03. The summed E-state index contributed by atoms with van der Waals surface area (Å²) in [6.07, 6.45) is 1.46. The second kappa shape index (κ2) is 9.22. The first-order chi connectivity index (χ1) is 15.4. The van der Waals surface area contributed by atoms with Gasteiger partial charge in [0.15, 0.2) is 6.61 Å². The predicted octanol–water partition coefficient (Wildman–Crippen LogP) is 4.67. The lowest BCUT2D eigenvalue weighted by Gasteiger charge is -2.20. The second-order valence-corrected chi connectivity index (χ2v) is 9.67. The molecular formula is C24H23ClN2O4S. The fourth-order valence-electron chi connectivity index (χ4n) is 3.72. The molecule has 1 amide bonds. The third kappa shape index (κ3) is 4.45. The number of carbonyl (C=O) groups is 1. The highest BCUT2D eigenvalue weighted by Gasteiger charge is 2.31. The number of aryl methyl sites for hydroxylation is 1. The average molecular weight is 471 g/mol. The van der Waals surface area contributed by atoms with Crippen LogP contribution in [0.3, 0.4) is 0 Å². The van der Waals surface area contributed by atoms with Gasteiger partial charge in [-0.1, -0.05) is 54.9 Å². The number of para-hydroxylation sites is 2. The predicted molar refractivity (Wildman–Crippen MR) is 126 cm³/mol. The van der Waals surface area contributed by atoms with Crippen molar-refractivity contribution >= 4 is 38.9 Å². The van der Waals surface area contributed by atoms with Crippen molar-refractivity contribution < 1.29 is 17.9 Å². The lowest BCUT2D eigenvalue weighted by atomic mass is 10.1. The van der Waals surface area contributed by atoms with E-state index in [1.807, 2.05) is 49.4 Å². The monoisotopic (exact) mass is 470 g/mol. The Bertz CT molecular complexity index is 1260. The summed E-state index contributed by atoms with van der Waals surface area (Å²) in [7, 11) is -3.76. The van der Waals surface area contributed by atoms with Gasteiger partial charge in [-0.3, -0.25) is 9.10 Å². The number of hydrogen-bond donors (Lipinski definition) is 1. The van der Waals surface area contributed by atoms with Crippen LogP contribution in [0.5, 0.6) is 5.75 Å². The zero-order valence-electron chi connectivity index (χ0n) is 17.5. The van der Waals surface area contributed by atoms with Crippen LogP contribution in [0.25, 0.3) is 0 Å². The summed E-state index contributed by atoms with van der Waals surface area (Å²) in [5.41, 5.74) is 3.45. The van der Waals surface area contributed by atoms with Gasteiger partial charge in [-0.2, -0.15) is 0 Å². The van der Waals surface area contributed by atoms with Gasteiger partial charge >= 0.3 is 0 Å². The Morgan fingerprint density at radius 2 is 1.84 bits per heavy atom. The van der Waals surface area contributed by atoms with Crippen molar-refractivity contribution in [1.29, 1.82) is 0 Å². The van der Waals surface area contributed by atoms with Crippen molar-refractivity contribution in [3.8, 4) is 5.75 Å². The number of nitrogens with zero attached hydrogens (tertiary/aromatic N) is 1. The van der Waals surface area contributed by atoms with Crippen LogP contribution in [-0.4, -0.2) is 27.5 Å². The third-order valence-electron chi connectivity index (χ3n) is 5.37. The van der Waals surface area contributed by atoms with Gasteiger partial charge < -0.3 is 10.1 Å². The molecule has 1 N–H and O–H groups in total. The fourth-order valence-corrected chi connectivity index (χ4v) is 5.55. The molecule has 0 aromatic heterocycles. The standard InChI is InChI=1S/C24H23ClN2O4S/c1-2-17-7-3-5-9-21(17)26-24(28)16-31-23-12-11-19(15-20(23)25)32(29,30)27-14-13-18-8-4-6-10-22(18)27/h3-12,15H,2,13-14,16H2,1H3,(H,26,28). The molecule has 0 spiro atoms. The van der Waals surface area contributed by atoms with Crippen molar-refractivity contribution in [2.45, 2.75) is 24.7 Å². The summed E-state index contributed by atoms with van der Waals surface area (Å²) in [5, 5.41) is 2.95. The van der Waals surface area contributed by atoms with Crippen LogP contribution >= 0.6 is 11.6 Å². The molecule has 1 heterocycles. The van der Waals surface area contributed by atoms with Crippen LogP contribution in [0, 0.1) is 0 Å². The Balaban J connectivity index is 1.45. The molecule has 166 valence electrons. The molecule has 3 aromatic rings. The first-order valence-electron chi connectivity index (χ1n) is 10.3. The van der Waals surface area contributed by atoms with E-state index >= 15 is 0 Å². The minimum atomic E-state index is -3.76. The molecule has 0 radical (unpaired) electrons. The van der Waals surface area contributed by atoms with Gasteiger partial charge in [0.25, 0.3) is 15.9 Å². The van der Waals surface area contributed by atoms with E-state index in [2.05, 4.69) is 5.32 Å². The largest absolute Gasteiger partial charge is 0.482 e. The molecule has 6 nitrogen and oxygen atoms in total. The van der Waals surface area contributed by atoms with Crippen molar-refractivity contribution in [2.75, 3.05) is 22.8 Å². The second-order valence-electron chi connectivity index (χ2n) is 7.40. The molecule has 0 atom stereocenters. The summed E-state index contributed by atoms with van der Waals surface area (Å²) in [6, 6.07) is 19.3. The first-order valence-corrected chi connectivity index (χ1v) is 12.1. The molecular weight excluding hydrogens is 448 g/mol. The van der Waals surface area contributed by atoms with Crippen molar-refractivity contribution in [1.82, 2.24) is 0 Å². The topological polar surface area (TPSA) is 75.7 Å². The van der Waals surface area contributed by atoms with Gasteiger partial charge in [0.1, 0.15) is 5.75 Å². The molecule has 4 rings (SSSR count). The van der Waals surface area contributed by atoms with E-state index in [1.165, 1.54) is 22.5 Å². The van der Waals surface area contributed by atoms with Gasteiger partial charge in [-0.05, 0) is 54.3 Å². The number of carbonyl (C=O) groups excluding carboxylic acids is 1. The number of sulfonamides is 1. The van der Waals surface area contributed by atoms with Gasteiger partial charge in [0, 0.05) is 12.2 Å². The Morgan fingerprint density at radius 1 is 1.09 bits per heavy atom. The minimum Gasteiger partial charge on any atom is -0.482 e. The van der Waals surface area contributed by atoms with Gasteiger partial charge in [-0.25, -0.2) is 8.42 Å². The summed E-state index contributed by atoms with van der Waals surface area (Å²) >= 11 is 6.29. The number of nitrogens with one attached hydrogen (secondary N) is 1. The maximum absolute atomic E-state index is 13.2. The van der Waals surface area contributed by atoms with E-state index in [4.69, 9.17) is 16.3 Å². The molecule has 1 aliphatic heterocycles. The lowest BCUT2D eigenvalue weighted by molar-refractivity contribution is -0.118. The first kappa shape index (κ1) is 22.2. The molecule has 0 aliphatic carbocycles. The van der Waals surface area contributed by atoms with Crippen LogP contribution in [0.2, 0.25) is 5.02 Å². The smallest absolute Gasteiger partial charge is 0.264 e. The van der Waals surface area contributed by atoms with Crippen molar-refractivity contribution in [3.63, 3.8) is 0 Å². The maximum atomic E-state index is 13.2. The van der Waals surface area contributed by atoms with Crippen LogP contribution in [-0.2, 0) is 27.7 Å². The highest BCUT2D eigenvalue weighted by molar-refractivity contribution is 7.92. The number of anilines is 2. The Morgan fingerprint density at radius 3 is 2.62 bits per heavy atom. The molecule has 0 bridgehead atoms. The molecule has 32 heavy (non-hydrogen) atoms. The number of hydrogen-bond acceptors (Lipinski definition) is 4. The normalized spacial score (nSPS) is 13.0. The summed E-state index contributed by atoms with van der Waals surface area (Å²) < 4.78 is 33.2. The fraction of sp³-hybridized carbons (Fsp3) is 0.208. The summed E-state index contributed by atoms with van der Waals surface area (Å²) in [6.45, 7) is 2.15. The van der Waals surface area contributed by atoms with E-state index in [9.17, 15) is 13.2 Å². The summed E-state index contributed by atoms with van der Waals surface area (Å²) in [5.74, 6) is -0.0845. The zero-order chi connectivity index (χ0) is 22.7. The number of rotatable bonds is 7. The minimum absolute atomic E-state index is 0.0767. The maximum Gasteiger partial charge on any atom is 0.264 e. The zero-order valence-corrected chi connectivity index (χ0v) is 19.1. The van der Waals surface area contributed by atoms with E-state index in [0.29, 0.717) is 18.7 Å². The van der Waals surface area contributed by atoms with Crippen LogP contribution < -0.4 is 14.4 Å². The average Bonchev–Trinajstić information content (AvgIpc) is 3.23. The van der Waals surface area contributed by atoms with Crippen molar-refractivity contribution in [3.05, 3.63) is 82.9 Å². The van der Waals surface area contributed by atoms with Crippen LogP contribution in [0.15, 0.2) is 71.6 Å². The highest BCUT2D eigenvalue weighted by atomic mass is 35.5. The van der Waals surface area contributed by atoms with Crippen LogP contribution in [0.4, 0.5) is 11.4 Å². The molecule has 0 fully saturated rings. The van der Waals surface area contributed by atoms with Crippen LogP contribution in [0.1, 0.15) is 18.1 Å². The number of fused-ring (bicyclic) bond motifs is 1. The molecule has 8 heteroatoms. The van der Waals surface area contributed by atoms with Gasteiger partial charge in [0.05, 0.1) is 15.6 Å². The number of benzene rings is 3. The van der Waals surface area contributed by atoms with E-state index in [1.54, 1.807) is 6.07 Å². The lowest BCUT2D eigenvalue weighted by Crippen LogP contribution is -2.29. The Kier molecular flexibility index (Phi) is 6.39. The molecule has 1 aliphatic rings. The number of halogens is 1. The SMILES string of the molecule is CCc1ccccc1NC(=O)COc1ccc(S(=O)(=O)N2CCc3ccccc32)cc1Cl. The van der Waals surface area contributed by atoms with Gasteiger partial charge in [-0.15, -0.1) is 0 Å². The van der Waals surface area contributed by atoms with Crippen molar-refractivity contribution in [2.24, 2.45) is 0 Å². The van der Waals surface area contributed by atoms with E-state index < -0.39 is 10.0 Å². The van der Waals surface area contributed by atoms with E-state index in [-0.39, 0.29) is 28.2 Å². The third-order valence-corrected chi connectivity index (χ3v) is 7.47. The molecule has 3 aromatic carbocycles. The molecule has 0 saturated heterocycles. The summed E-state index contributed by atoms with van der Waals surface area (Å²) in [4.78, 5) is 12.4.